The third-order valence-electron chi connectivity index (χ3n) is 0. The Kier molecular flexibility index (Phi) is 3830. The first-order valence-corrected chi connectivity index (χ1v) is 0.289. The van der Waals surface area contributed by atoms with Gasteiger partial charge in [-0.05, 0) is 0 Å². The van der Waals surface area contributed by atoms with Gasteiger partial charge < -0.3 is 10.9 Å². The van der Waals surface area contributed by atoms with Gasteiger partial charge >= 0.3 is 17.6 Å². The number of rotatable bonds is 0. The Hall–Kier alpha value is 0.173. The summed E-state index contributed by atoms with van der Waals surface area (Å²) in [6, 6.07) is 0. The molecule has 4 heavy (non-hydrogen) atoms. The van der Waals surface area contributed by atoms with Crippen LogP contribution in [0.2, 0.25) is 0 Å². The van der Waals surface area contributed by atoms with Crippen molar-refractivity contribution >= 4 is 24.4 Å². The molecule has 0 spiro atoms. The van der Waals surface area contributed by atoms with E-state index in [2.05, 4.69) is 0 Å². The first-order valence-electron chi connectivity index (χ1n) is 0.289. The number of hydrogen-bond donors (Lipinski definition) is 1. The fourth-order valence-electron chi connectivity index (χ4n) is 0. The normalized spacial score (nSPS) is 1.00. The van der Waals surface area contributed by atoms with Crippen molar-refractivity contribution in [2.45, 2.75) is 0 Å². The van der Waals surface area contributed by atoms with E-state index in [1.165, 1.54) is 0 Å². The molecule has 0 unspecified atom stereocenters. The molecule has 0 atom stereocenters. The average Bonchev–Trinajstić information content (AvgIpc) is 1.00. The molecule has 0 amide bonds. The van der Waals surface area contributed by atoms with Gasteiger partial charge in [0.1, 0.15) is 6.79 Å². The molecule has 0 aromatic rings. The minimum absolute atomic E-state index is 0. The predicted molar refractivity (Wildman–Crippen MR) is 23.5 cm³/mol. The van der Waals surface area contributed by atoms with E-state index >= 15 is 0 Å². The molecule has 0 aliphatic rings. The summed E-state index contributed by atoms with van der Waals surface area (Å²) in [6.07, 6.45) is 0. The molecule has 0 aromatic heterocycles. The van der Waals surface area contributed by atoms with Gasteiger partial charge in [0, 0.05) is 0 Å². The summed E-state index contributed by atoms with van der Waals surface area (Å²) in [6.45, 7) is 2.00. The Morgan fingerprint density at radius 1 is 1.25 bits per heavy atom. The molecule has 28 valence electrons. The van der Waals surface area contributed by atoms with E-state index in [1.807, 2.05) is 6.79 Å². The Bertz CT molecular complexity index is 8.00. The van der Waals surface area contributed by atoms with Gasteiger partial charge in [-0.15, -0.1) is 0 Å². The second-order valence-electron chi connectivity index (χ2n) is 0. The first kappa shape index (κ1) is 30.5. The molecule has 0 aliphatic carbocycles. The van der Waals surface area contributed by atoms with Gasteiger partial charge in [0.2, 0.25) is 0 Å². The fourth-order valence-corrected chi connectivity index (χ4v) is 0. The topological polar surface area (TPSA) is 52.1 Å². The predicted octanol–water partition coefficient (Wildman–Crippen LogP) is -1.47. The van der Waals surface area contributed by atoms with E-state index in [1.54, 1.807) is 0 Å². The molecule has 0 aromatic carbocycles. The SMILES string of the molecule is C=O.N.[GeH4]. The van der Waals surface area contributed by atoms with Crippen LogP contribution in [-0.2, 0) is 4.79 Å². The second kappa shape index (κ2) is 501. The zero-order valence-corrected chi connectivity index (χ0v) is 1.82. The van der Waals surface area contributed by atoms with Crippen molar-refractivity contribution in [1.82, 2.24) is 6.15 Å². The molecule has 3 heteroatoms. The van der Waals surface area contributed by atoms with Crippen LogP contribution in [0.4, 0.5) is 0 Å². The minimum atomic E-state index is 0. The monoisotopic (exact) mass is 125 g/mol. The summed E-state index contributed by atoms with van der Waals surface area (Å²) >= 11 is 0. The first-order chi connectivity index (χ1) is 1.00. The summed E-state index contributed by atoms with van der Waals surface area (Å²) in [7, 11) is 0. The Morgan fingerprint density at radius 3 is 1.25 bits per heavy atom. The molecule has 2 nitrogen and oxygen atoms in total. The molecule has 3 N–H and O–H groups in total. The zero-order valence-electron chi connectivity index (χ0n) is 1.82. The van der Waals surface area contributed by atoms with E-state index in [4.69, 9.17) is 4.79 Å². The van der Waals surface area contributed by atoms with Crippen LogP contribution in [0.25, 0.3) is 0 Å². The van der Waals surface area contributed by atoms with Gasteiger partial charge in [0.05, 0.1) is 0 Å². The van der Waals surface area contributed by atoms with Crippen LogP contribution in [0.3, 0.4) is 0 Å². The van der Waals surface area contributed by atoms with Crippen LogP contribution in [0, 0.1) is 0 Å². The number of hydrogen-bond acceptors (Lipinski definition) is 2. The van der Waals surface area contributed by atoms with Crippen molar-refractivity contribution in [3.63, 3.8) is 0 Å². The van der Waals surface area contributed by atoms with E-state index in [-0.39, 0.29) is 23.7 Å². The summed E-state index contributed by atoms with van der Waals surface area (Å²) in [5.74, 6) is 0. The van der Waals surface area contributed by atoms with E-state index in [9.17, 15) is 0 Å². The van der Waals surface area contributed by atoms with Crippen molar-refractivity contribution in [2.75, 3.05) is 0 Å². The van der Waals surface area contributed by atoms with Gasteiger partial charge in [0.25, 0.3) is 0 Å². The van der Waals surface area contributed by atoms with Crippen molar-refractivity contribution in [3.8, 4) is 0 Å². The Balaban J connectivity index is -0.00000000500. The van der Waals surface area contributed by atoms with Gasteiger partial charge in [0.15, 0.2) is 0 Å². The molecule has 0 bridgehead atoms. The molecule has 0 heterocycles. The van der Waals surface area contributed by atoms with Crippen molar-refractivity contribution in [1.29, 1.82) is 0 Å². The summed E-state index contributed by atoms with van der Waals surface area (Å²) in [4.78, 5) is 8.00. The molecule has 0 saturated heterocycles. The van der Waals surface area contributed by atoms with E-state index in [0.29, 0.717) is 0 Å². The van der Waals surface area contributed by atoms with Gasteiger partial charge in [-0.1, -0.05) is 0 Å². The van der Waals surface area contributed by atoms with Gasteiger partial charge in [-0.25, -0.2) is 0 Å². The van der Waals surface area contributed by atoms with Crippen molar-refractivity contribution in [3.05, 3.63) is 0 Å². The molecular formula is CH9GeNO. The van der Waals surface area contributed by atoms with Crippen molar-refractivity contribution < 1.29 is 4.79 Å². The number of carbonyl (C=O) groups excluding carboxylic acids is 1. The molecule has 0 radical (unpaired) electrons. The molecule has 0 saturated carbocycles. The number of carbonyl (C=O) groups is 1. The van der Waals surface area contributed by atoms with Crippen LogP contribution >= 0.6 is 0 Å². The molecule has 0 fully saturated rings. The van der Waals surface area contributed by atoms with Crippen molar-refractivity contribution in [2.24, 2.45) is 0 Å². The molecule has 0 aliphatic heterocycles. The zero-order chi connectivity index (χ0) is 2.00. The Morgan fingerprint density at radius 2 is 1.25 bits per heavy atom. The third-order valence-corrected chi connectivity index (χ3v) is 0. The second-order valence-corrected chi connectivity index (χ2v) is 0. The van der Waals surface area contributed by atoms with Crippen LogP contribution in [-0.4, -0.2) is 24.4 Å². The van der Waals surface area contributed by atoms with Crippen LogP contribution < -0.4 is 6.15 Å². The van der Waals surface area contributed by atoms with Gasteiger partial charge in [-0.2, -0.15) is 0 Å². The van der Waals surface area contributed by atoms with E-state index < -0.39 is 0 Å². The standard InChI is InChI=1S/CH2O.GeH4.H3N/c1-2;;/h1H2;1H4;1H3. The summed E-state index contributed by atoms with van der Waals surface area (Å²) in [5.41, 5.74) is 0. The molecule has 0 rings (SSSR count). The van der Waals surface area contributed by atoms with Crippen LogP contribution in [0.15, 0.2) is 0 Å². The average molecular weight is 124 g/mol. The maximum atomic E-state index is 8.00. The Labute approximate surface area is 36.1 Å². The van der Waals surface area contributed by atoms with Crippen LogP contribution in [0.5, 0.6) is 0 Å². The van der Waals surface area contributed by atoms with E-state index in [0.717, 1.165) is 0 Å². The maximum absolute atomic E-state index is 8.00. The third kappa shape index (κ3) is 100. The summed E-state index contributed by atoms with van der Waals surface area (Å²) < 4.78 is 0. The fraction of sp³-hybridized carbons (Fsp3) is 0. The van der Waals surface area contributed by atoms with Gasteiger partial charge in [-0.3, -0.25) is 0 Å². The quantitative estimate of drug-likeness (QED) is 0.400. The molecular weight excluding hydrogens is 115 g/mol. The van der Waals surface area contributed by atoms with Crippen LogP contribution in [0.1, 0.15) is 0 Å². The summed E-state index contributed by atoms with van der Waals surface area (Å²) in [5, 5.41) is 0.